The zero-order chi connectivity index (χ0) is 13.5. The lowest BCUT2D eigenvalue weighted by Crippen LogP contribution is -2.29. The molecule has 0 spiro atoms. The van der Waals surface area contributed by atoms with Gasteiger partial charge in [0.25, 0.3) is 5.91 Å². The van der Waals surface area contributed by atoms with Crippen LogP contribution in [0.25, 0.3) is 0 Å². The van der Waals surface area contributed by atoms with Gasteiger partial charge in [0.1, 0.15) is 0 Å². The number of rotatable bonds is 6. The maximum absolute atomic E-state index is 12.0. The number of aliphatic hydroxyl groups is 1. The van der Waals surface area contributed by atoms with E-state index < -0.39 is 0 Å². The van der Waals surface area contributed by atoms with Gasteiger partial charge in [-0.3, -0.25) is 4.79 Å². The largest absolute Gasteiger partial charge is 0.396 e. The highest BCUT2D eigenvalue weighted by molar-refractivity contribution is 9.11. The van der Waals surface area contributed by atoms with E-state index in [2.05, 4.69) is 44.1 Å². The van der Waals surface area contributed by atoms with Gasteiger partial charge in [0, 0.05) is 22.1 Å². The Balaban J connectivity index is 2.62. The average molecular weight is 379 g/mol. The summed E-state index contributed by atoms with van der Waals surface area (Å²) in [5.41, 5.74) is 0.614. The molecule has 1 unspecified atom stereocenters. The molecule has 0 bridgehead atoms. The second kappa shape index (κ2) is 7.92. The fourth-order valence-electron chi connectivity index (χ4n) is 1.64. The van der Waals surface area contributed by atoms with E-state index in [0.717, 1.165) is 21.8 Å². The molecular formula is C13H17Br2NO2. The number of amides is 1. The molecule has 0 saturated carbocycles. The molecule has 1 aromatic carbocycles. The second-order valence-electron chi connectivity index (χ2n) is 4.12. The van der Waals surface area contributed by atoms with Crippen LogP contribution in [0.2, 0.25) is 0 Å². The molecule has 0 heterocycles. The van der Waals surface area contributed by atoms with Gasteiger partial charge in [-0.2, -0.15) is 0 Å². The van der Waals surface area contributed by atoms with Crippen LogP contribution in [-0.2, 0) is 0 Å². The molecule has 1 amide bonds. The first-order valence-electron chi connectivity index (χ1n) is 5.92. The molecule has 0 aromatic heterocycles. The van der Waals surface area contributed by atoms with E-state index in [1.54, 1.807) is 6.07 Å². The summed E-state index contributed by atoms with van der Waals surface area (Å²) in [5, 5.41) is 11.8. The van der Waals surface area contributed by atoms with Crippen LogP contribution in [0.4, 0.5) is 0 Å². The molecular weight excluding hydrogens is 362 g/mol. The SMILES string of the molecule is CCC(CCO)CNC(=O)c1cc(Br)ccc1Br. The second-order valence-corrected chi connectivity index (χ2v) is 5.89. The Morgan fingerprint density at radius 3 is 2.78 bits per heavy atom. The lowest BCUT2D eigenvalue weighted by atomic mass is 10.0. The third-order valence-corrected chi connectivity index (χ3v) is 4.02. The Hall–Kier alpha value is -0.390. The van der Waals surface area contributed by atoms with Crippen LogP contribution in [0.1, 0.15) is 30.1 Å². The first kappa shape index (κ1) is 15.7. The zero-order valence-electron chi connectivity index (χ0n) is 10.2. The molecule has 2 N–H and O–H groups in total. The summed E-state index contributed by atoms with van der Waals surface area (Å²) in [4.78, 5) is 12.0. The molecule has 1 aromatic rings. The van der Waals surface area contributed by atoms with Crippen molar-refractivity contribution < 1.29 is 9.90 Å². The predicted octanol–water partition coefficient (Wildman–Crippen LogP) is 3.35. The van der Waals surface area contributed by atoms with Gasteiger partial charge in [-0.05, 0) is 46.5 Å². The highest BCUT2D eigenvalue weighted by Crippen LogP contribution is 2.21. The maximum atomic E-state index is 12.0. The van der Waals surface area contributed by atoms with E-state index in [1.807, 2.05) is 12.1 Å². The summed E-state index contributed by atoms with van der Waals surface area (Å²) in [6.07, 6.45) is 1.66. The summed E-state index contributed by atoms with van der Waals surface area (Å²) in [5.74, 6) is 0.226. The Morgan fingerprint density at radius 1 is 1.44 bits per heavy atom. The minimum absolute atomic E-state index is 0.0976. The number of carbonyl (C=O) groups excluding carboxylic acids is 1. The topological polar surface area (TPSA) is 49.3 Å². The normalized spacial score (nSPS) is 12.2. The molecule has 1 atom stereocenters. The van der Waals surface area contributed by atoms with Gasteiger partial charge in [0.2, 0.25) is 0 Å². The van der Waals surface area contributed by atoms with Crippen molar-refractivity contribution in [2.45, 2.75) is 19.8 Å². The summed E-state index contributed by atoms with van der Waals surface area (Å²) >= 11 is 6.71. The fraction of sp³-hybridized carbons (Fsp3) is 0.462. The van der Waals surface area contributed by atoms with Crippen molar-refractivity contribution in [2.24, 2.45) is 5.92 Å². The number of aliphatic hydroxyl groups excluding tert-OH is 1. The van der Waals surface area contributed by atoms with Crippen molar-refractivity contribution >= 4 is 37.8 Å². The minimum atomic E-state index is -0.0976. The van der Waals surface area contributed by atoms with E-state index >= 15 is 0 Å². The van der Waals surface area contributed by atoms with Crippen molar-refractivity contribution in [2.75, 3.05) is 13.2 Å². The third-order valence-electron chi connectivity index (χ3n) is 2.84. The molecule has 0 saturated heterocycles. The minimum Gasteiger partial charge on any atom is -0.396 e. The number of halogens is 2. The van der Waals surface area contributed by atoms with Crippen molar-refractivity contribution in [1.82, 2.24) is 5.32 Å². The number of nitrogens with one attached hydrogen (secondary N) is 1. The first-order chi connectivity index (χ1) is 8.58. The molecule has 18 heavy (non-hydrogen) atoms. The van der Waals surface area contributed by atoms with Crippen molar-refractivity contribution in [3.05, 3.63) is 32.7 Å². The molecule has 5 heteroatoms. The molecule has 0 radical (unpaired) electrons. The molecule has 0 aliphatic carbocycles. The smallest absolute Gasteiger partial charge is 0.252 e. The van der Waals surface area contributed by atoms with Gasteiger partial charge in [-0.15, -0.1) is 0 Å². The maximum Gasteiger partial charge on any atom is 0.252 e. The number of hydrogen-bond acceptors (Lipinski definition) is 2. The van der Waals surface area contributed by atoms with E-state index in [4.69, 9.17) is 5.11 Å². The van der Waals surface area contributed by atoms with Gasteiger partial charge >= 0.3 is 0 Å². The molecule has 3 nitrogen and oxygen atoms in total. The number of benzene rings is 1. The molecule has 100 valence electrons. The van der Waals surface area contributed by atoms with Crippen LogP contribution in [0.3, 0.4) is 0 Å². The zero-order valence-corrected chi connectivity index (χ0v) is 13.4. The highest BCUT2D eigenvalue weighted by atomic mass is 79.9. The summed E-state index contributed by atoms with van der Waals surface area (Å²) < 4.78 is 1.65. The number of carbonyl (C=O) groups is 1. The van der Waals surface area contributed by atoms with Crippen LogP contribution < -0.4 is 5.32 Å². The van der Waals surface area contributed by atoms with Crippen LogP contribution in [-0.4, -0.2) is 24.2 Å². The predicted molar refractivity (Wildman–Crippen MR) is 79.7 cm³/mol. The summed E-state index contributed by atoms with van der Waals surface area (Å²) in [6.45, 7) is 2.81. The number of hydrogen-bond donors (Lipinski definition) is 2. The van der Waals surface area contributed by atoms with Crippen LogP contribution in [0.5, 0.6) is 0 Å². The summed E-state index contributed by atoms with van der Waals surface area (Å²) in [6, 6.07) is 5.50. The van der Waals surface area contributed by atoms with E-state index in [-0.39, 0.29) is 12.5 Å². The van der Waals surface area contributed by atoms with Crippen LogP contribution in [0.15, 0.2) is 27.1 Å². The Labute approximate surface area is 124 Å². The van der Waals surface area contributed by atoms with Gasteiger partial charge in [0.05, 0.1) is 5.56 Å². The van der Waals surface area contributed by atoms with E-state index in [9.17, 15) is 4.79 Å². The van der Waals surface area contributed by atoms with Crippen LogP contribution >= 0.6 is 31.9 Å². The van der Waals surface area contributed by atoms with Crippen molar-refractivity contribution in [3.63, 3.8) is 0 Å². The molecule has 0 aliphatic rings. The highest BCUT2D eigenvalue weighted by Gasteiger charge is 2.12. The van der Waals surface area contributed by atoms with Crippen molar-refractivity contribution in [3.8, 4) is 0 Å². The van der Waals surface area contributed by atoms with Gasteiger partial charge in [-0.1, -0.05) is 29.3 Å². The van der Waals surface area contributed by atoms with Gasteiger partial charge < -0.3 is 10.4 Å². The monoisotopic (exact) mass is 377 g/mol. The van der Waals surface area contributed by atoms with E-state index in [0.29, 0.717) is 18.0 Å². The lowest BCUT2D eigenvalue weighted by Gasteiger charge is -2.14. The Bertz CT molecular complexity index is 410. The first-order valence-corrected chi connectivity index (χ1v) is 7.51. The fourth-order valence-corrected chi connectivity index (χ4v) is 2.42. The molecule has 0 aliphatic heterocycles. The van der Waals surface area contributed by atoms with Crippen molar-refractivity contribution in [1.29, 1.82) is 0 Å². The van der Waals surface area contributed by atoms with Gasteiger partial charge in [0.15, 0.2) is 0 Å². The lowest BCUT2D eigenvalue weighted by molar-refractivity contribution is 0.0942. The standard InChI is InChI=1S/C13H17Br2NO2/c1-2-9(5-6-17)8-16-13(18)11-7-10(14)3-4-12(11)15/h3-4,7,9,17H,2,5-6,8H2,1H3,(H,16,18). The molecule has 0 fully saturated rings. The Kier molecular flexibility index (Phi) is 6.89. The van der Waals surface area contributed by atoms with Gasteiger partial charge in [-0.25, -0.2) is 0 Å². The summed E-state index contributed by atoms with van der Waals surface area (Å²) in [7, 11) is 0. The quantitative estimate of drug-likeness (QED) is 0.797. The van der Waals surface area contributed by atoms with Crippen LogP contribution in [0, 0.1) is 5.92 Å². The van der Waals surface area contributed by atoms with E-state index in [1.165, 1.54) is 0 Å². The Morgan fingerprint density at radius 2 is 2.17 bits per heavy atom. The third kappa shape index (κ3) is 4.71. The average Bonchev–Trinajstić information content (AvgIpc) is 2.37. The molecule has 1 rings (SSSR count).